The fourth-order valence-electron chi connectivity index (χ4n) is 1.78. The number of phenolic OH excluding ortho intramolecular Hbond substituents is 1. The summed E-state index contributed by atoms with van der Waals surface area (Å²) in [6.07, 6.45) is 0.495. The van der Waals surface area contributed by atoms with Crippen LogP contribution in [0.1, 0.15) is 41.5 Å². The molecule has 0 saturated heterocycles. The van der Waals surface area contributed by atoms with Crippen molar-refractivity contribution in [2.45, 2.75) is 26.3 Å². The van der Waals surface area contributed by atoms with E-state index in [-0.39, 0.29) is 10.6 Å². The number of aromatic hydroxyl groups is 1. The van der Waals surface area contributed by atoms with Crippen LogP contribution >= 0.6 is 11.6 Å². The first kappa shape index (κ1) is 15.2. The molecule has 0 fully saturated rings. The van der Waals surface area contributed by atoms with Crippen molar-refractivity contribution in [3.8, 4) is 5.75 Å². The Labute approximate surface area is 124 Å². The lowest BCUT2D eigenvalue weighted by Crippen LogP contribution is -2.29. The number of phenols is 1. The first-order chi connectivity index (χ1) is 9.92. The van der Waals surface area contributed by atoms with Gasteiger partial charge in [-0.1, -0.05) is 23.7 Å². The number of hydrogen-bond donors (Lipinski definition) is 2. The number of carbonyl (C=O) groups excluding carboxylic acids is 1. The molecule has 1 amide bonds. The number of halogens is 2. The summed E-state index contributed by atoms with van der Waals surface area (Å²) < 4.78 is 18.2. The van der Waals surface area contributed by atoms with Gasteiger partial charge in [0.2, 0.25) is 5.89 Å². The molecule has 1 aromatic carbocycles. The van der Waals surface area contributed by atoms with Gasteiger partial charge in [-0.3, -0.25) is 4.79 Å². The Hall–Kier alpha value is -2.15. The number of carbonyl (C=O) groups is 1. The van der Waals surface area contributed by atoms with Gasteiger partial charge < -0.3 is 14.9 Å². The lowest BCUT2D eigenvalue weighted by atomic mass is 10.1. The molecule has 0 aliphatic rings. The lowest BCUT2D eigenvalue weighted by molar-refractivity contribution is 0.0930. The molecule has 0 aliphatic carbocycles. The highest BCUT2D eigenvalue weighted by atomic mass is 35.5. The molecular formula is C13H13ClFN3O3. The zero-order valence-corrected chi connectivity index (χ0v) is 12.1. The lowest BCUT2D eigenvalue weighted by Gasteiger charge is -2.14. The second-order valence-corrected chi connectivity index (χ2v) is 4.80. The predicted molar refractivity (Wildman–Crippen MR) is 72.6 cm³/mol. The van der Waals surface area contributed by atoms with Gasteiger partial charge in [-0.25, -0.2) is 4.39 Å². The van der Waals surface area contributed by atoms with Crippen LogP contribution in [0.25, 0.3) is 0 Å². The fraction of sp³-hybridized carbons (Fsp3) is 0.308. The normalized spacial score (nSPS) is 12.2. The van der Waals surface area contributed by atoms with E-state index in [1.165, 1.54) is 0 Å². The summed E-state index contributed by atoms with van der Waals surface area (Å²) in [6, 6.07) is 1.31. The quantitative estimate of drug-likeness (QED) is 0.906. The number of aromatic nitrogens is 2. The highest BCUT2D eigenvalue weighted by molar-refractivity contribution is 6.32. The van der Waals surface area contributed by atoms with Gasteiger partial charge in [-0.05, 0) is 18.6 Å². The minimum atomic E-state index is -0.716. The van der Waals surface area contributed by atoms with Gasteiger partial charge in [0, 0.05) is 6.92 Å². The average molecular weight is 314 g/mol. The van der Waals surface area contributed by atoms with Gasteiger partial charge in [0.1, 0.15) is 11.6 Å². The van der Waals surface area contributed by atoms with Crippen LogP contribution in [0.4, 0.5) is 4.39 Å². The third-order valence-electron chi connectivity index (χ3n) is 2.84. The monoisotopic (exact) mass is 313 g/mol. The Morgan fingerprint density at radius 3 is 2.86 bits per heavy atom. The van der Waals surface area contributed by atoms with Gasteiger partial charge in [0.25, 0.3) is 5.91 Å². The van der Waals surface area contributed by atoms with Crippen LogP contribution in [0, 0.1) is 12.7 Å². The third-order valence-corrected chi connectivity index (χ3v) is 3.13. The summed E-state index contributed by atoms with van der Waals surface area (Å²) in [6.45, 7) is 3.44. The van der Waals surface area contributed by atoms with E-state index >= 15 is 0 Å². The minimum absolute atomic E-state index is 0.233. The van der Waals surface area contributed by atoms with Crippen molar-refractivity contribution in [1.29, 1.82) is 0 Å². The number of benzene rings is 1. The maximum atomic E-state index is 13.3. The van der Waals surface area contributed by atoms with Crippen molar-refractivity contribution in [3.05, 3.63) is 40.3 Å². The van der Waals surface area contributed by atoms with E-state index in [1.807, 2.05) is 6.92 Å². The molecule has 112 valence electrons. The van der Waals surface area contributed by atoms with Crippen molar-refractivity contribution >= 4 is 17.5 Å². The Bertz CT molecular complexity index is 675. The van der Waals surface area contributed by atoms with Crippen LogP contribution in [-0.2, 0) is 0 Å². The highest BCUT2D eigenvalue weighted by Gasteiger charge is 2.22. The number of hydrogen-bond acceptors (Lipinski definition) is 5. The third kappa shape index (κ3) is 3.30. The van der Waals surface area contributed by atoms with Crippen molar-refractivity contribution in [3.63, 3.8) is 0 Å². The molecule has 2 aromatic rings. The molecule has 0 bridgehead atoms. The van der Waals surface area contributed by atoms with E-state index in [4.69, 9.17) is 16.1 Å². The molecule has 2 N–H and O–H groups in total. The first-order valence-corrected chi connectivity index (χ1v) is 6.59. The van der Waals surface area contributed by atoms with Crippen molar-refractivity contribution in [1.82, 2.24) is 15.5 Å². The van der Waals surface area contributed by atoms with E-state index in [9.17, 15) is 14.3 Å². The molecule has 2 rings (SSSR count). The van der Waals surface area contributed by atoms with E-state index in [1.54, 1.807) is 6.92 Å². The number of amides is 1. The Morgan fingerprint density at radius 2 is 2.29 bits per heavy atom. The first-order valence-electron chi connectivity index (χ1n) is 6.21. The van der Waals surface area contributed by atoms with Crippen molar-refractivity contribution in [2.75, 3.05) is 0 Å². The molecule has 0 aliphatic heterocycles. The molecule has 0 unspecified atom stereocenters. The van der Waals surface area contributed by atoms with Crippen molar-refractivity contribution in [2.24, 2.45) is 0 Å². The fourth-order valence-corrected chi connectivity index (χ4v) is 1.99. The van der Waals surface area contributed by atoms with Gasteiger partial charge >= 0.3 is 0 Å². The maximum absolute atomic E-state index is 13.3. The molecule has 1 aromatic heterocycles. The number of aryl methyl sites for hydroxylation is 1. The number of nitrogens with one attached hydrogen (secondary N) is 1. The largest absolute Gasteiger partial charge is 0.506 e. The van der Waals surface area contributed by atoms with E-state index in [2.05, 4.69) is 15.5 Å². The number of nitrogens with zero attached hydrogens (tertiary/aromatic N) is 2. The van der Waals surface area contributed by atoms with Gasteiger partial charge in [-0.2, -0.15) is 4.98 Å². The number of rotatable bonds is 4. The second kappa shape index (κ2) is 6.09. The summed E-state index contributed by atoms with van der Waals surface area (Å²) in [5, 5.41) is 15.8. The van der Waals surface area contributed by atoms with E-state index < -0.39 is 23.5 Å². The summed E-state index contributed by atoms with van der Waals surface area (Å²) >= 11 is 5.64. The highest BCUT2D eigenvalue weighted by Crippen LogP contribution is 2.29. The zero-order chi connectivity index (χ0) is 15.6. The predicted octanol–water partition coefficient (Wildman–Crippen LogP) is 2.76. The van der Waals surface area contributed by atoms with Crippen LogP contribution in [0.5, 0.6) is 5.75 Å². The maximum Gasteiger partial charge on any atom is 0.255 e. The molecule has 0 saturated carbocycles. The second-order valence-electron chi connectivity index (χ2n) is 4.39. The molecule has 21 heavy (non-hydrogen) atoms. The standard InChI is InChI=1S/C13H13ClFN3O3/c1-3-10(12-16-6(2)21-18-12)17-13(20)8-4-7(15)5-9(14)11(8)19/h4-5,10,19H,3H2,1-2H3,(H,17,20)/t10-/m0/s1. The van der Waals surface area contributed by atoms with E-state index in [0.29, 0.717) is 18.1 Å². The minimum Gasteiger partial charge on any atom is -0.506 e. The van der Waals surface area contributed by atoms with Crippen LogP contribution in [0.15, 0.2) is 16.7 Å². The van der Waals surface area contributed by atoms with Crippen molar-refractivity contribution < 1.29 is 18.8 Å². The van der Waals surface area contributed by atoms with Gasteiger partial charge in [-0.15, -0.1) is 0 Å². The zero-order valence-electron chi connectivity index (χ0n) is 11.4. The van der Waals surface area contributed by atoms with Crippen LogP contribution < -0.4 is 5.32 Å². The smallest absolute Gasteiger partial charge is 0.255 e. The van der Waals surface area contributed by atoms with Crippen LogP contribution in [-0.4, -0.2) is 21.2 Å². The molecule has 0 spiro atoms. The molecule has 0 radical (unpaired) electrons. The summed E-state index contributed by atoms with van der Waals surface area (Å²) in [5.41, 5.74) is -0.251. The molecular weight excluding hydrogens is 301 g/mol. The van der Waals surface area contributed by atoms with Crippen LogP contribution in [0.2, 0.25) is 5.02 Å². The SMILES string of the molecule is CC[C@H](NC(=O)c1cc(F)cc(Cl)c1O)c1noc(C)n1. The van der Waals surface area contributed by atoms with Gasteiger partial charge in [0.15, 0.2) is 5.82 Å². The molecule has 6 nitrogen and oxygen atoms in total. The Morgan fingerprint density at radius 1 is 1.57 bits per heavy atom. The molecule has 8 heteroatoms. The summed E-state index contributed by atoms with van der Waals surface area (Å²) in [4.78, 5) is 16.2. The molecule has 1 atom stereocenters. The Balaban J connectivity index is 2.24. The Kier molecular flexibility index (Phi) is 4.42. The summed E-state index contributed by atoms with van der Waals surface area (Å²) in [5.74, 6) is -1.19. The topological polar surface area (TPSA) is 88.2 Å². The van der Waals surface area contributed by atoms with E-state index in [0.717, 1.165) is 12.1 Å². The summed E-state index contributed by atoms with van der Waals surface area (Å²) in [7, 11) is 0. The average Bonchev–Trinajstić information content (AvgIpc) is 2.86. The van der Waals surface area contributed by atoms with Gasteiger partial charge in [0.05, 0.1) is 16.6 Å². The van der Waals surface area contributed by atoms with Crippen LogP contribution in [0.3, 0.4) is 0 Å². The molecule has 1 heterocycles.